The number of carbonyl (C=O) groups is 2. The lowest BCUT2D eigenvalue weighted by molar-refractivity contribution is -0.131. The number of urea groups is 1. The van der Waals surface area contributed by atoms with Crippen molar-refractivity contribution in [3.05, 3.63) is 0 Å². The summed E-state index contributed by atoms with van der Waals surface area (Å²) in [7, 11) is 0. The van der Waals surface area contributed by atoms with Crippen LogP contribution in [0.4, 0.5) is 4.79 Å². The van der Waals surface area contributed by atoms with E-state index < -0.39 is 12.1 Å². The Kier molecular flexibility index (Phi) is 4.72. The average Bonchev–Trinajstić information content (AvgIpc) is 2.58. The first-order valence-corrected chi connectivity index (χ1v) is 5.92. The highest BCUT2D eigenvalue weighted by atomic mass is 16.2. The third kappa shape index (κ3) is 2.80. The van der Waals surface area contributed by atoms with Gasteiger partial charge in [-0.3, -0.25) is 15.5 Å². The molecule has 98 valence electrons. The second kappa shape index (κ2) is 6.05. The lowest BCUT2D eigenvalue weighted by Crippen LogP contribution is -2.41. The Hall–Kier alpha value is -2.03. The van der Waals surface area contributed by atoms with Gasteiger partial charge >= 0.3 is 6.03 Å². The van der Waals surface area contributed by atoms with Crippen molar-refractivity contribution in [3.63, 3.8) is 0 Å². The highest BCUT2D eigenvalue weighted by Gasteiger charge is 2.36. The van der Waals surface area contributed by atoms with Crippen LogP contribution in [-0.4, -0.2) is 53.2 Å². The van der Waals surface area contributed by atoms with Gasteiger partial charge in [-0.1, -0.05) is 5.92 Å². The molecule has 1 unspecified atom stereocenters. The molecular weight excluding hydrogens is 232 g/mol. The Balaban J connectivity index is 2.75. The van der Waals surface area contributed by atoms with Crippen LogP contribution in [0.3, 0.4) is 0 Å². The summed E-state index contributed by atoms with van der Waals surface area (Å²) in [4.78, 5) is 26.5. The van der Waals surface area contributed by atoms with Crippen molar-refractivity contribution in [2.75, 3.05) is 19.6 Å². The summed E-state index contributed by atoms with van der Waals surface area (Å²) in [6, 6.07) is -0.975. The van der Waals surface area contributed by atoms with Gasteiger partial charge in [-0.05, 0) is 13.8 Å². The number of amides is 3. The van der Waals surface area contributed by atoms with Gasteiger partial charge in [0.15, 0.2) is 0 Å². The summed E-state index contributed by atoms with van der Waals surface area (Å²) < 4.78 is 0. The van der Waals surface area contributed by atoms with Gasteiger partial charge < -0.3 is 9.80 Å². The molecule has 6 heteroatoms. The molecule has 1 aliphatic heterocycles. The maximum absolute atomic E-state index is 12.0. The lowest BCUT2D eigenvalue weighted by atomic mass is 10.1. The molecule has 6 nitrogen and oxygen atoms in total. The summed E-state index contributed by atoms with van der Waals surface area (Å²) >= 11 is 0. The number of nitrogens with zero attached hydrogens (tertiary/aromatic N) is 2. The maximum atomic E-state index is 12.0. The molecule has 1 atom stereocenters. The first kappa shape index (κ1) is 14.0. The van der Waals surface area contributed by atoms with E-state index in [-0.39, 0.29) is 24.7 Å². The Morgan fingerprint density at radius 1 is 1.56 bits per heavy atom. The van der Waals surface area contributed by atoms with Crippen LogP contribution in [0.2, 0.25) is 0 Å². The molecule has 1 saturated heterocycles. The maximum Gasteiger partial charge on any atom is 0.324 e. The van der Waals surface area contributed by atoms with Gasteiger partial charge in [0.2, 0.25) is 5.91 Å². The van der Waals surface area contributed by atoms with E-state index in [0.29, 0.717) is 13.1 Å². The summed E-state index contributed by atoms with van der Waals surface area (Å²) in [6.45, 7) is 5.12. The molecule has 0 saturated carbocycles. The number of rotatable bonds is 5. The van der Waals surface area contributed by atoms with E-state index in [1.807, 2.05) is 13.8 Å². The molecule has 0 radical (unpaired) electrons. The predicted octanol–water partition coefficient (Wildman–Crippen LogP) is 0.249. The fourth-order valence-corrected chi connectivity index (χ4v) is 1.93. The van der Waals surface area contributed by atoms with E-state index in [4.69, 9.17) is 11.8 Å². The van der Waals surface area contributed by atoms with Crippen LogP contribution in [0.5, 0.6) is 0 Å². The second-order valence-corrected chi connectivity index (χ2v) is 3.96. The zero-order valence-electron chi connectivity index (χ0n) is 10.7. The zero-order valence-corrected chi connectivity index (χ0v) is 10.7. The molecule has 1 heterocycles. The van der Waals surface area contributed by atoms with Gasteiger partial charge in [0, 0.05) is 13.1 Å². The fourth-order valence-electron chi connectivity index (χ4n) is 1.93. The van der Waals surface area contributed by atoms with Crippen molar-refractivity contribution in [1.29, 1.82) is 5.41 Å². The van der Waals surface area contributed by atoms with E-state index in [1.165, 1.54) is 4.90 Å². The largest absolute Gasteiger partial charge is 0.343 e. The zero-order chi connectivity index (χ0) is 13.7. The third-order valence-electron chi connectivity index (χ3n) is 2.96. The summed E-state index contributed by atoms with van der Waals surface area (Å²) in [5.41, 5.74) is 0. The smallest absolute Gasteiger partial charge is 0.324 e. The molecule has 0 aromatic carbocycles. The molecule has 0 aromatic heterocycles. The average molecular weight is 250 g/mol. The molecule has 18 heavy (non-hydrogen) atoms. The van der Waals surface area contributed by atoms with Crippen molar-refractivity contribution >= 4 is 17.8 Å². The quantitative estimate of drug-likeness (QED) is 0.686. The van der Waals surface area contributed by atoms with Gasteiger partial charge in [-0.2, -0.15) is 0 Å². The topological polar surface area (TPSA) is 76.5 Å². The molecule has 0 aromatic rings. The molecule has 3 amide bonds. The number of hydrogen-bond acceptors (Lipinski definition) is 3. The lowest BCUT2D eigenvalue weighted by Gasteiger charge is -2.24. The SMILES string of the molecule is C#CCN1C(=O)NC(=N)C1CC(=O)N(CC)CC. The van der Waals surface area contributed by atoms with Gasteiger partial charge in [-0.25, -0.2) is 4.79 Å². The Bertz CT molecular complexity index is 395. The van der Waals surface area contributed by atoms with Crippen LogP contribution in [0.25, 0.3) is 0 Å². The van der Waals surface area contributed by atoms with Crippen LogP contribution in [0.15, 0.2) is 0 Å². The van der Waals surface area contributed by atoms with Gasteiger partial charge in [0.05, 0.1) is 13.0 Å². The summed E-state index contributed by atoms with van der Waals surface area (Å²) in [5, 5.41) is 10.1. The molecule has 1 fully saturated rings. The van der Waals surface area contributed by atoms with E-state index in [0.717, 1.165) is 0 Å². The summed E-state index contributed by atoms with van der Waals surface area (Å²) in [6.07, 6.45) is 5.28. The molecular formula is C12H18N4O2. The molecule has 2 N–H and O–H groups in total. The van der Waals surface area contributed by atoms with Crippen LogP contribution in [0.1, 0.15) is 20.3 Å². The number of hydrogen-bond donors (Lipinski definition) is 2. The van der Waals surface area contributed by atoms with E-state index in [9.17, 15) is 9.59 Å². The first-order valence-electron chi connectivity index (χ1n) is 5.92. The Morgan fingerprint density at radius 2 is 2.17 bits per heavy atom. The molecule has 0 spiro atoms. The minimum absolute atomic E-state index is 0.0377. The van der Waals surface area contributed by atoms with Crippen molar-refractivity contribution in [1.82, 2.24) is 15.1 Å². The Labute approximate surface area is 107 Å². The van der Waals surface area contributed by atoms with Crippen molar-refractivity contribution in [2.24, 2.45) is 0 Å². The third-order valence-corrected chi connectivity index (χ3v) is 2.96. The number of terminal acetylenes is 1. The van der Waals surface area contributed by atoms with E-state index in [2.05, 4.69) is 11.2 Å². The highest BCUT2D eigenvalue weighted by molar-refractivity contribution is 6.07. The minimum atomic E-state index is -0.568. The second-order valence-electron chi connectivity index (χ2n) is 3.96. The number of amidine groups is 1. The highest BCUT2D eigenvalue weighted by Crippen LogP contribution is 2.13. The van der Waals surface area contributed by atoms with Gasteiger partial charge in [-0.15, -0.1) is 6.42 Å². The van der Waals surface area contributed by atoms with Gasteiger partial charge in [0.25, 0.3) is 0 Å². The predicted molar refractivity (Wildman–Crippen MR) is 68.1 cm³/mol. The fraction of sp³-hybridized carbons (Fsp3) is 0.583. The molecule has 0 bridgehead atoms. The monoisotopic (exact) mass is 250 g/mol. The molecule has 1 aliphatic rings. The summed E-state index contributed by atoms with van der Waals surface area (Å²) in [5.74, 6) is 2.33. The van der Waals surface area contributed by atoms with E-state index >= 15 is 0 Å². The minimum Gasteiger partial charge on any atom is -0.343 e. The number of nitrogens with one attached hydrogen (secondary N) is 2. The number of carbonyl (C=O) groups excluding carboxylic acids is 2. The van der Waals surface area contributed by atoms with Crippen molar-refractivity contribution in [2.45, 2.75) is 26.3 Å². The Morgan fingerprint density at radius 3 is 2.67 bits per heavy atom. The van der Waals surface area contributed by atoms with Crippen LogP contribution in [-0.2, 0) is 4.79 Å². The first-order chi connectivity index (χ1) is 8.54. The molecule has 1 rings (SSSR count). The standard InChI is InChI=1S/C12H18N4O2/c1-4-7-16-9(11(13)14-12(16)18)8-10(17)15(5-2)6-3/h1,9H,5-8H2,2-3H3,(H2,13,14,18). The van der Waals surface area contributed by atoms with Crippen molar-refractivity contribution in [3.8, 4) is 12.3 Å². The normalized spacial score (nSPS) is 18.5. The van der Waals surface area contributed by atoms with Crippen LogP contribution >= 0.6 is 0 Å². The molecule has 0 aliphatic carbocycles. The van der Waals surface area contributed by atoms with Gasteiger partial charge in [0.1, 0.15) is 11.9 Å². The van der Waals surface area contributed by atoms with Crippen LogP contribution in [0, 0.1) is 17.8 Å². The van der Waals surface area contributed by atoms with Crippen molar-refractivity contribution < 1.29 is 9.59 Å². The van der Waals surface area contributed by atoms with Crippen LogP contribution < -0.4 is 5.32 Å². The van der Waals surface area contributed by atoms with E-state index in [1.54, 1.807) is 4.90 Å².